The Kier molecular flexibility index (Phi) is 7.41. The number of benzene rings is 3. The monoisotopic (exact) mass is 547 g/mol. The number of aromatic nitrogens is 5. The minimum Gasteiger partial charge on any atom is -0.369 e. The van der Waals surface area contributed by atoms with Gasteiger partial charge in [-0.15, -0.1) is 5.10 Å². The van der Waals surface area contributed by atoms with Crippen molar-refractivity contribution in [2.24, 2.45) is 0 Å². The van der Waals surface area contributed by atoms with Gasteiger partial charge in [-0.1, -0.05) is 48.5 Å². The number of hydrogen-bond donors (Lipinski definition) is 1. The molecule has 0 radical (unpaired) electrons. The van der Waals surface area contributed by atoms with Crippen molar-refractivity contribution in [1.82, 2.24) is 30.1 Å². The summed E-state index contributed by atoms with van der Waals surface area (Å²) in [5, 5.41) is 14.1. The standard InChI is InChI=1S/C33H37N7O/c1-22-19-24(3)27-21-28(33(41)34-29(27)20-22)31(32-35-36-37-40(32)14-13-26-10-6-5-7-11-26)39-17-15-38(16-18-39)30-12-8-9-23(2)25(30)4/h5-12,19-21,31H,13-18H2,1-4H3,(H,34,41). The molecule has 3 aromatic carbocycles. The largest absolute Gasteiger partial charge is 0.369 e. The SMILES string of the molecule is Cc1cc(C)c2cc(C(c3nnnn3CCc3ccccc3)N3CCN(c4cccc(C)c4C)CC3)c(=O)[nH]c2c1. The quantitative estimate of drug-likeness (QED) is 0.312. The topological polar surface area (TPSA) is 82.9 Å². The van der Waals surface area contributed by atoms with E-state index < -0.39 is 0 Å². The predicted octanol–water partition coefficient (Wildman–Crippen LogP) is 4.90. The number of H-pyrrole nitrogens is 1. The first-order valence-corrected chi connectivity index (χ1v) is 14.4. The number of piperazine rings is 1. The molecule has 6 rings (SSSR count). The van der Waals surface area contributed by atoms with Crippen molar-refractivity contribution in [2.45, 2.75) is 46.7 Å². The third kappa shape index (κ3) is 5.39. The van der Waals surface area contributed by atoms with Crippen LogP contribution in [-0.4, -0.2) is 56.3 Å². The summed E-state index contributed by atoms with van der Waals surface area (Å²) in [4.78, 5) is 21.7. The van der Waals surface area contributed by atoms with Crippen LogP contribution < -0.4 is 10.5 Å². The predicted molar refractivity (Wildman–Crippen MR) is 164 cm³/mol. The van der Waals surface area contributed by atoms with Crippen molar-refractivity contribution in [3.05, 3.63) is 116 Å². The highest BCUT2D eigenvalue weighted by atomic mass is 16.1. The number of nitrogens with zero attached hydrogens (tertiary/aromatic N) is 6. The molecule has 1 aliphatic rings. The molecule has 2 aromatic heterocycles. The summed E-state index contributed by atoms with van der Waals surface area (Å²) in [6.45, 7) is 12.4. The lowest BCUT2D eigenvalue weighted by Gasteiger charge is -2.40. The van der Waals surface area contributed by atoms with Crippen molar-refractivity contribution >= 4 is 16.6 Å². The Labute approximate surface area is 240 Å². The Bertz CT molecular complexity index is 1730. The molecule has 0 saturated carbocycles. The molecule has 5 aromatic rings. The minimum absolute atomic E-state index is 0.0953. The molecule has 8 heteroatoms. The number of nitrogens with one attached hydrogen (secondary N) is 1. The van der Waals surface area contributed by atoms with Crippen molar-refractivity contribution < 1.29 is 0 Å². The van der Waals surface area contributed by atoms with E-state index in [1.807, 2.05) is 28.9 Å². The van der Waals surface area contributed by atoms with Crippen LogP contribution in [0.25, 0.3) is 10.9 Å². The molecule has 0 bridgehead atoms. The smallest absolute Gasteiger partial charge is 0.253 e. The molecule has 8 nitrogen and oxygen atoms in total. The Morgan fingerprint density at radius 2 is 1.66 bits per heavy atom. The first kappa shape index (κ1) is 26.9. The van der Waals surface area contributed by atoms with E-state index in [1.54, 1.807) is 0 Å². The zero-order valence-electron chi connectivity index (χ0n) is 24.3. The van der Waals surface area contributed by atoms with Crippen molar-refractivity contribution in [1.29, 1.82) is 0 Å². The lowest BCUT2D eigenvalue weighted by atomic mass is 9.99. The average molecular weight is 548 g/mol. The van der Waals surface area contributed by atoms with Crippen LogP contribution in [0.2, 0.25) is 0 Å². The van der Waals surface area contributed by atoms with E-state index in [0.717, 1.165) is 54.6 Å². The fraction of sp³-hybridized carbons (Fsp3) is 0.333. The average Bonchev–Trinajstić information content (AvgIpc) is 3.43. The van der Waals surface area contributed by atoms with E-state index in [-0.39, 0.29) is 11.6 Å². The lowest BCUT2D eigenvalue weighted by Crippen LogP contribution is -2.49. The van der Waals surface area contributed by atoms with E-state index in [2.05, 4.69) is 100 Å². The van der Waals surface area contributed by atoms with E-state index in [1.165, 1.54) is 22.4 Å². The third-order valence-corrected chi connectivity index (χ3v) is 8.49. The highest BCUT2D eigenvalue weighted by Gasteiger charge is 2.33. The van der Waals surface area contributed by atoms with Crippen LogP contribution in [-0.2, 0) is 13.0 Å². The van der Waals surface area contributed by atoms with E-state index in [0.29, 0.717) is 17.9 Å². The highest BCUT2D eigenvalue weighted by Crippen LogP contribution is 2.31. The number of rotatable bonds is 7. The van der Waals surface area contributed by atoms with Crippen LogP contribution in [0.5, 0.6) is 0 Å². The van der Waals surface area contributed by atoms with Gasteiger partial charge >= 0.3 is 0 Å². The Morgan fingerprint density at radius 3 is 2.44 bits per heavy atom. The van der Waals surface area contributed by atoms with Gasteiger partial charge in [-0.05, 0) is 90.6 Å². The molecular formula is C33H37N7O. The second-order valence-electron chi connectivity index (χ2n) is 11.2. The van der Waals surface area contributed by atoms with Crippen LogP contribution in [0.1, 0.15) is 45.2 Å². The Balaban J connectivity index is 1.37. The number of anilines is 1. The van der Waals surface area contributed by atoms with Crippen LogP contribution in [0, 0.1) is 27.7 Å². The number of fused-ring (bicyclic) bond motifs is 1. The van der Waals surface area contributed by atoms with Gasteiger partial charge in [-0.25, -0.2) is 4.68 Å². The van der Waals surface area contributed by atoms with Gasteiger partial charge in [0.2, 0.25) is 0 Å². The summed E-state index contributed by atoms with van der Waals surface area (Å²) in [5.41, 5.74) is 8.83. The zero-order chi connectivity index (χ0) is 28.5. The second-order valence-corrected chi connectivity index (χ2v) is 11.2. The molecule has 1 atom stereocenters. The van der Waals surface area contributed by atoms with Crippen molar-refractivity contribution in [3.8, 4) is 0 Å². The summed E-state index contributed by atoms with van der Waals surface area (Å²) >= 11 is 0. The number of aromatic amines is 1. The second kappa shape index (κ2) is 11.3. The molecule has 0 spiro atoms. The zero-order valence-corrected chi connectivity index (χ0v) is 24.3. The van der Waals surface area contributed by atoms with Gasteiger partial charge in [-0.3, -0.25) is 9.69 Å². The van der Waals surface area contributed by atoms with E-state index >= 15 is 0 Å². The fourth-order valence-corrected chi connectivity index (χ4v) is 6.14. The van der Waals surface area contributed by atoms with Gasteiger partial charge in [-0.2, -0.15) is 0 Å². The van der Waals surface area contributed by atoms with Gasteiger partial charge in [0, 0.05) is 54.9 Å². The fourth-order valence-electron chi connectivity index (χ4n) is 6.14. The molecule has 210 valence electrons. The molecule has 1 unspecified atom stereocenters. The maximum atomic E-state index is 13.7. The lowest BCUT2D eigenvalue weighted by molar-refractivity contribution is 0.199. The van der Waals surface area contributed by atoms with Gasteiger partial charge in [0.15, 0.2) is 5.82 Å². The van der Waals surface area contributed by atoms with Crippen LogP contribution in [0.15, 0.2) is 71.5 Å². The number of pyridine rings is 1. The van der Waals surface area contributed by atoms with Crippen LogP contribution in [0.3, 0.4) is 0 Å². The first-order valence-electron chi connectivity index (χ1n) is 14.4. The first-order chi connectivity index (χ1) is 19.9. The summed E-state index contributed by atoms with van der Waals surface area (Å²) < 4.78 is 1.88. The van der Waals surface area contributed by atoms with Gasteiger partial charge < -0.3 is 9.88 Å². The van der Waals surface area contributed by atoms with E-state index in [9.17, 15) is 4.79 Å². The Morgan fingerprint density at radius 1 is 0.878 bits per heavy atom. The molecule has 1 fully saturated rings. The minimum atomic E-state index is -0.365. The highest BCUT2D eigenvalue weighted by molar-refractivity contribution is 5.83. The molecular weight excluding hydrogens is 510 g/mol. The molecule has 3 heterocycles. The van der Waals surface area contributed by atoms with E-state index in [4.69, 9.17) is 0 Å². The van der Waals surface area contributed by atoms with Crippen molar-refractivity contribution in [3.63, 3.8) is 0 Å². The normalized spacial score (nSPS) is 15.0. The molecule has 41 heavy (non-hydrogen) atoms. The maximum Gasteiger partial charge on any atom is 0.253 e. The summed E-state index contributed by atoms with van der Waals surface area (Å²) in [5.74, 6) is 0.704. The summed E-state index contributed by atoms with van der Waals surface area (Å²) in [6.07, 6.45) is 0.804. The Hall–Kier alpha value is -4.30. The maximum absolute atomic E-state index is 13.7. The number of tetrazole rings is 1. The van der Waals surface area contributed by atoms with Crippen LogP contribution in [0.4, 0.5) is 5.69 Å². The van der Waals surface area contributed by atoms with Crippen molar-refractivity contribution in [2.75, 3.05) is 31.1 Å². The number of aryl methyl sites for hydroxylation is 5. The third-order valence-electron chi connectivity index (χ3n) is 8.49. The molecule has 1 saturated heterocycles. The molecule has 0 aliphatic carbocycles. The number of hydrogen-bond acceptors (Lipinski definition) is 6. The van der Waals surface area contributed by atoms with Crippen LogP contribution >= 0.6 is 0 Å². The van der Waals surface area contributed by atoms with Gasteiger partial charge in [0.25, 0.3) is 5.56 Å². The molecule has 1 aliphatic heterocycles. The van der Waals surface area contributed by atoms with Gasteiger partial charge in [0.05, 0.1) is 0 Å². The summed E-state index contributed by atoms with van der Waals surface area (Å²) in [7, 11) is 0. The molecule has 1 N–H and O–H groups in total. The summed E-state index contributed by atoms with van der Waals surface area (Å²) in [6, 6.07) is 22.7. The molecule has 0 amide bonds. The van der Waals surface area contributed by atoms with Gasteiger partial charge in [0.1, 0.15) is 6.04 Å².